The third kappa shape index (κ3) is 7.11. The van der Waals surface area contributed by atoms with Gasteiger partial charge in [-0.3, -0.25) is 9.69 Å². The van der Waals surface area contributed by atoms with E-state index < -0.39 is 12.0 Å². The number of carbonyl (C=O) groups is 2. The van der Waals surface area contributed by atoms with Gasteiger partial charge in [0.2, 0.25) is 0 Å². The zero-order valence-corrected chi connectivity index (χ0v) is 26.0. The van der Waals surface area contributed by atoms with E-state index in [4.69, 9.17) is 26.4 Å². The molecule has 202 valence electrons. The van der Waals surface area contributed by atoms with E-state index in [1.165, 1.54) is 4.90 Å². The molecule has 1 aliphatic rings. The number of methoxy groups -OCH3 is 1. The van der Waals surface area contributed by atoms with Crippen molar-refractivity contribution in [3.8, 4) is 11.5 Å². The smallest absolute Gasteiger partial charge is 0.333 e. The van der Waals surface area contributed by atoms with Gasteiger partial charge in [0.1, 0.15) is 10.9 Å². The summed E-state index contributed by atoms with van der Waals surface area (Å²) in [6.07, 6.45) is 2.40. The van der Waals surface area contributed by atoms with Crippen LogP contribution in [0.2, 0.25) is 0 Å². The number of amides is 1. The molecule has 1 fully saturated rings. The van der Waals surface area contributed by atoms with E-state index in [-0.39, 0.29) is 16.8 Å². The van der Waals surface area contributed by atoms with Crippen molar-refractivity contribution >= 4 is 78.1 Å². The van der Waals surface area contributed by atoms with Crippen LogP contribution >= 0.6 is 55.8 Å². The first-order valence-corrected chi connectivity index (χ1v) is 14.9. The Morgan fingerprint density at radius 1 is 1.10 bits per heavy atom. The van der Waals surface area contributed by atoms with Crippen molar-refractivity contribution in [1.82, 2.24) is 4.90 Å². The third-order valence-electron chi connectivity index (χ3n) is 5.71. The highest BCUT2D eigenvalue weighted by Crippen LogP contribution is 2.41. The predicted molar refractivity (Wildman–Crippen MR) is 165 cm³/mol. The Hall–Kier alpha value is -2.66. The first-order chi connectivity index (χ1) is 18.8. The van der Waals surface area contributed by atoms with Crippen LogP contribution in [0.5, 0.6) is 11.5 Å². The van der Waals surface area contributed by atoms with Gasteiger partial charge in [0.25, 0.3) is 5.91 Å². The summed E-state index contributed by atoms with van der Waals surface area (Å²) in [7, 11) is 1.56. The number of esters is 1. The van der Waals surface area contributed by atoms with E-state index >= 15 is 0 Å². The molecule has 3 aromatic carbocycles. The maximum atomic E-state index is 13.6. The summed E-state index contributed by atoms with van der Waals surface area (Å²) in [5.74, 6) is 0.177. The van der Waals surface area contributed by atoms with Gasteiger partial charge >= 0.3 is 5.97 Å². The second kappa shape index (κ2) is 13.6. The fourth-order valence-corrected chi connectivity index (χ4v) is 6.01. The molecule has 4 rings (SSSR count). The number of carbonyl (C=O) groups excluding carboxylic acids is 2. The average molecular weight is 691 g/mol. The maximum absolute atomic E-state index is 13.6. The molecular formula is C29H25Br2NO5S2. The molecule has 1 atom stereocenters. The van der Waals surface area contributed by atoms with E-state index in [1.54, 1.807) is 31.4 Å². The zero-order valence-electron chi connectivity index (χ0n) is 21.2. The minimum absolute atomic E-state index is 0.261. The largest absolute Gasteiger partial charge is 0.493 e. The molecule has 1 unspecified atom stereocenters. The Balaban J connectivity index is 1.60. The molecule has 0 radical (unpaired) electrons. The van der Waals surface area contributed by atoms with Gasteiger partial charge in [0.15, 0.2) is 17.5 Å². The zero-order chi connectivity index (χ0) is 27.9. The summed E-state index contributed by atoms with van der Waals surface area (Å²) in [6, 6.07) is 19.6. The number of hydrogen-bond donors (Lipinski definition) is 0. The highest BCUT2D eigenvalue weighted by atomic mass is 79.9. The summed E-state index contributed by atoms with van der Waals surface area (Å²) >= 11 is 13.7. The van der Waals surface area contributed by atoms with Crippen LogP contribution < -0.4 is 9.47 Å². The molecule has 1 amide bonds. The van der Waals surface area contributed by atoms with Crippen LogP contribution in [0.3, 0.4) is 0 Å². The SMILES string of the molecule is CCCOC(=O)C(c1ccccc1)N1C(=O)/C(=C\c2cc(Br)c(OCc3ccc(Br)cc3)c(OC)c2)SC1=S. The molecule has 1 heterocycles. The molecule has 1 aliphatic heterocycles. The van der Waals surface area contributed by atoms with Crippen molar-refractivity contribution in [2.24, 2.45) is 0 Å². The fourth-order valence-electron chi connectivity index (χ4n) is 3.86. The fraction of sp³-hybridized carbons (Fsp3) is 0.207. The van der Waals surface area contributed by atoms with E-state index in [2.05, 4.69) is 31.9 Å². The van der Waals surface area contributed by atoms with Gasteiger partial charge in [-0.15, -0.1) is 0 Å². The molecule has 0 spiro atoms. The monoisotopic (exact) mass is 689 g/mol. The first kappa shape index (κ1) is 29.3. The summed E-state index contributed by atoms with van der Waals surface area (Å²) in [4.78, 5) is 28.3. The molecular weight excluding hydrogens is 666 g/mol. The molecule has 0 aromatic heterocycles. The Morgan fingerprint density at radius 2 is 1.82 bits per heavy atom. The lowest BCUT2D eigenvalue weighted by molar-refractivity contribution is -0.151. The molecule has 1 saturated heterocycles. The Bertz CT molecular complexity index is 1400. The second-order valence-corrected chi connectivity index (χ2v) is 11.9. The molecule has 0 aliphatic carbocycles. The predicted octanol–water partition coefficient (Wildman–Crippen LogP) is 7.69. The first-order valence-electron chi connectivity index (χ1n) is 12.1. The van der Waals surface area contributed by atoms with Gasteiger partial charge in [-0.25, -0.2) is 4.79 Å². The van der Waals surface area contributed by atoms with Gasteiger partial charge in [-0.2, -0.15) is 0 Å². The van der Waals surface area contributed by atoms with Crippen LogP contribution in [0.4, 0.5) is 0 Å². The lowest BCUT2D eigenvalue weighted by atomic mass is 10.1. The van der Waals surface area contributed by atoms with Crippen molar-refractivity contribution in [2.75, 3.05) is 13.7 Å². The van der Waals surface area contributed by atoms with Crippen LogP contribution in [0.1, 0.15) is 36.1 Å². The summed E-state index contributed by atoms with van der Waals surface area (Å²) in [5, 5.41) is 0. The highest BCUT2D eigenvalue weighted by molar-refractivity contribution is 9.10. The number of nitrogens with zero attached hydrogens (tertiary/aromatic N) is 1. The van der Waals surface area contributed by atoms with E-state index in [0.717, 1.165) is 21.8 Å². The molecule has 10 heteroatoms. The lowest BCUT2D eigenvalue weighted by Gasteiger charge is -2.25. The molecule has 3 aromatic rings. The third-order valence-corrected chi connectivity index (χ3v) is 8.16. The van der Waals surface area contributed by atoms with Crippen molar-refractivity contribution in [3.63, 3.8) is 0 Å². The van der Waals surface area contributed by atoms with Crippen LogP contribution in [0.15, 0.2) is 80.6 Å². The van der Waals surface area contributed by atoms with Crippen molar-refractivity contribution in [3.05, 3.63) is 97.3 Å². The van der Waals surface area contributed by atoms with E-state index in [9.17, 15) is 9.59 Å². The summed E-state index contributed by atoms with van der Waals surface area (Å²) in [5.41, 5.74) is 2.35. The number of ether oxygens (including phenoxy) is 3. The minimum atomic E-state index is -0.966. The van der Waals surface area contributed by atoms with Gasteiger partial charge in [0.05, 0.1) is 23.1 Å². The maximum Gasteiger partial charge on any atom is 0.333 e. The Labute approximate surface area is 254 Å². The lowest BCUT2D eigenvalue weighted by Crippen LogP contribution is -2.38. The molecule has 0 bridgehead atoms. The van der Waals surface area contributed by atoms with Gasteiger partial charge in [-0.1, -0.05) is 89.3 Å². The molecule has 0 N–H and O–H groups in total. The number of thiocarbonyl (C=S) groups is 1. The number of halogens is 2. The van der Waals surface area contributed by atoms with E-state index in [0.29, 0.717) is 45.0 Å². The number of rotatable bonds is 10. The number of benzene rings is 3. The Morgan fingerprint density at radius 3 is 2.49 bits per heavy atom. The normalized spacial score (nSPS) is 15.0. The van der Waals surface area contributed by atoms with Crippen LogP contribution in [-0.4, -0.2) is 34.8 Å². The van der Waals surface area contributed by atoms with Crippen molar-refractivity contribution in [1.29, 1.82) is 0 Å². The number of thioether (sulfide) groups is 1. The van der Waals surface area contributed by atoms with Crippen molar-refractivity contribution < 1.29 is 23.8 Å². The quantitative estimate of drug-likeness (QED) is 0.123. The average Bonchev–Trinajstić information content (AvgIpc) is 3.20. The van der Waals surface area contributed by atoms with Crippen LogP contribution in [0, 0.1) is 0 Å². The topological polar surface area (TPSA) is 65.1 Å². The van der Waals surface area contributed by atoms with E-state index in [1.807, 2.05) is 55.5 Å². The van der Waals surface area contributed by atoms with Crippen LogP contribution in [-0.2, 0) is 20.9 Å². The second-order valence-electron chi connectivity index (χ2n) is 8.48. The molecule has 39 heavy (non-hydrogen) atoms. The summed E-state index contributed by atoms with van der Waals surface area (Å²) < 4.78 is 19.0. The van der Waals surface area contributed by atoms with Gasteiger partial charge in [-0.05, 0) is 69.4 Å². The molecule has 0 saturated carbocycles. The van der Waals surface area contributed by atoms with Gasteiger partial charge in [0, 0.05) is 4.47 Å². The van der Waals surface area contributed by atoms with Crippen molar-refractivity contribution in [2.45, 2.75) is 26.0 Å². The standard InChI is InChI=1S/C29H25Br2NO5S2/c1-3-13-36-28(34)25(20-7-5-4-6-8-20)32-27(33)24(39-29(32)38)16-19-14-22(31)26(23(15-19)35-2)37-17-18-9-11-21(30)12-10-18/h4-12,14-16,25H,3,13,17H2,1-2H3/b24-16+. The molecule has 6 nitrogen and oxygen atoms in total. The Kier molecular flexibility index (Phi) is 10.2. The highest BCUT2D eigenvalue weighted by Gasteiger charge is 2.42. The van der Waals surface area contributed by atoms with Crippen LogP contribution in [0.25, 0.3) is 6.08 Å². The minimum Gasteiger partial charge on any atom is -0.493 e. The van der Waals surface area contributed by atoms with Gasteiger partial charge < -0.3 is 14.2 Å². The number of hydrogen-bond acceptors (Lipinski definition) is 7. The summed E-state index contributed by atoms with van der Waals surface area (Å²) in [6.45, 7) is 2.53.